The number of anilines is 2. The number of nitrogen functional groups attached to an aromatic ring is 1. The molecule has 0 saturated carbocycles. The molecule has 3 rings (SSSR count). The van der Waals surface area contributed by atoms with Crippen LogP contribution in [-0.4, -0.2) is 55.6 Å². The summed E-state index contributed by atoms with van der Waals surface area (Å²) in [5.41, 5.74) is 5.64. The molecule has 168 valence electrons. The molecule has 0 aliphatic carbocycles. The molecule has 0 spiro atoms. The molecule has 0 aliphatic rings. The molecule has 0 radical (unpaired) electrons. The fourth-order valence-electron chi connectivity index (χ4n) is 2.90. The maximum absolute atomic E-state index is 14.0. The second-order valence-electron chi connectivity index (χ2n) is 7.85. The van der Waals surface area contributed by atoms with E-state index in [0.717, 1.165) is 6.42 Å². The van der Waals surface area contributed by atoms with Gasteiger partial charge in [0.05, 0.1) is 35.2 Å². The Labute approximate surface area is 184 Å². The second kappa shape index (κ2) is 9.15. The predicted octanol–water partition coefficient (Wildman–Crippen LogP) is 1.93. The molecule has 11 heteroatoms. The molecule has 1 amide bonds. The normalized spacial score (nSPS) is 12.4. The van der Waals surface area contributed by atoms with E-state index >= 15 is 0 Å². The monoisotopic (exact) mass is 440 g/mol. The zero-order valence-electron chi connectivity index (χ0n) is 18.1. The molecule has 32 heavy (non-hydrogen) atoms. The fourth-order valence-corrected chi connectivity index (χ4v) is 2.90. The molecule has 5 N–H and O–H groups in total. The molecule has 0 aromatic carbocycles. The highest BCUT2D eigenvalue weighted by atomic mass is 19.1. The van der Waals surface area contributed by atoms with E-state index in [1.165, 1.54) is 24.7 Å². The molecule has 3 aromatic rings. The molecule has 0 aliphatic heterocycles. The van der Waals surface area contributed by atoms with E-state index in [-0.39, 0.29) is 23.5 Å². The Bertz CT molecular complexity index is 1180. The van der Waals surface area contributed by atoms with Gasteiger partial charge in [0.2, 0.25) is 0 Å². The molecule has 0 fully saturated rings. The number of nitriles is 1. The van der Waals surface area contributed by atoms with Crippen molar-refractivity contribution in [3.05, 3.63) is 35.7 Å². The maximum Gasteiger partial charge on any atom is 0.255 e. The van der Waals surface area contributed by atoms with Gasteiger partial charge in [0.15, 0.2) is 11.5 Å². The lowest BCUT2D eigenvalue weighted by atomic mass is 10.0. The third-order valence-electron chi connectivity index (χ3n) is 4.82. The van der Waals surface area contributed by atoms with E-state index in [1.807, 2.05) is 13.0 Å². The standard InChI is InChI=1S/C21H25FN8O2/c1-4-5-25-15-7-17(26-10-14(15)20(31)27-11-16(22)21(2,3)32)30-19-13(9-28-30)6-12(8-23)18(24)29-19/h6-7,9-10,16,32H,4-5,11H2,1-3H3,(H2,24,29)(H,25,26)(H,27,31). The van der Waals surface area contributed by atoms with Crippen molar-refractivity contribution in [2.75, 3.05) is 24.1 Å². The van der Waals surface area contributed by atoms with Gasteiger partial charge in [0.1, 0.15) is 18.1 Å². The van der Waals surface area contributed by atoms with Crippen molar-refractivity contribution in [1.82, 2.24) is 25.1 Å². The number of fused-ring (bicyclic) bond motifs is 1. The molecular weight excluding hydrogens is 415 g/mol. The summed E-state index contributed by atoms with van der Waals surface area (Å²) in [4.78, 5) is 21.2. The zero-order valence-corrected chi connectivity index (χ0v) is 18.1. The molecule has 3 heterocycles. The molecule has 1 atom stereocenters. The fraction of sp³-hybridized carbons (Fsp3) is 0.381. The lowest BCUT2D eigenvalue weighted by Crippen LogP contribution is -2.42. The highest BCUT2D eigenvalue weighted by molar-refractivity contribution is 5.99. The van der Waals surface area contributed by atoms with Gasteiger partial charge in [-0.1, -0.05) is 6.92 Å². The van der Waals surface area contributed by atoms with Gasteiger partial charge >= 0.3 is 0 Å². The van der Waals surface area contributed by atoms with Gasteiger partial charge in [0.25, 0.3) is 5.91 Å². The first-order valence-electron chi connectivity index (χ1n) is 10.1. The number of alkyl halides is 1. The van der Waals surface area contributed by atoms with Crippen molar-refractivity contribution in [2.24, 2.45) is 0 Å². The summed E-state index contributed by atoms with van der Waals surface area (Å²) in [6.45, 7) is 4.90. The van der Waals surface area contributed by atoms with E-state index in [0.29, 0.717) is 29.1 Å². The van der Waals surface area contributed by atoms with Crippen LogP contribution in [0.3, 0.4) is 0 Å². The summed E-state index contributed by atoms with van der Waals surface area (Å²) in [7, 11) is 0. The van der Waals surface area contributed by atoms with Crippen LogP contribution < -0.4 is 16.4 Å². The number of rotatable bonds is 8. The number of hydrogen-bond donors (Lipinski definition) is 4. The van der Waals surface area contributed by atoms with Crippen LogP contribution in [0.5, 0.6) is 0 Å². The summed E-state index contributed by atoms with van der Waals surface area (Å²) in [5.74, 6) is -0.0674. The van der Waals surface area contributed by atoms with Gasteiger partial charge in [-0.25, -0.2) is 14.4 Å². The minimum Gasteiger partial charge on any atom is -0.387 e. The summed E-state index contributed by atoms with van der Waals surface area (Å²) >= 11 is 0. The number of nitrogens with zero attached hydrogens (tertiary/aromatic N) is 5. The van der Waals surface area contributed by atoms with Crippen LogP contribution in [0.4, 0.5) is 15.9 Å². The quantitative estimate of drug-likeness (QED) is 0.414. The average Bonchev–Trinajstić information content (AvgIpc) is 3.16. The summed E-state index contributed by atoms with van der Waals surface area (Å²) < 4.78 is 15.5. The Kier molecular flexibility index (Phi) is 6.55. The number of nitrogens with two attached hydrogens (primary N) is 1. The Hall–Kier alpha value is -3.78. The third kappa shape index (κ3) is 4.76. The van der Waals surface area contributed by atoms with E-state index in [4.69, 9.17) is 11.0 Å². The van der Waals surface area contributed by atoms with Crippen molar-refractivity contribution in [2.45, 2.75) is 39.0 Å². The van der Waals surface area contributed by atoms with Crippen LogP contribution in [0.1, 0.15) is 43.1 Å². The number of aliphatic hydroxyl groups is 1. The Morgan fingerprint density at radius 1 is 1.41 bits per heavy atom. The number of halogens is 1. The minimum atomic E-state index is -1.63. The largest absolute Gasteiger partial charge is 0.387 e. The zero-order chi connectivity index (χ0) is 23.5. The number of carbonyl (C=O) groups is 1. The van der Waals surface area contributed by atoms with Gasteiger partial charge in [0, 0.05) is 24.2 Å². The summed E-state index contributed by atoms with van der Waals surface area (Å²) in [6.07, 6.45) is 2.09. The van der Waals surface area contributed by atoms with Crippen molar-refractivity contribution in [3.8, 4) is 11.9 Å². The third-order valence-corrected chi connectivity index (χ3v) is 4.82. The first kappa shape index (κ1) is 22.9. The first-order valence-corrected chi connectivity index (χ1v) is 10.1. The van der Waals surface area contributed by atoms with Crippen LogP contribution in [0, 0.1) is 11.3 Å². The van der Waals surface area contributed by atoms with E-state index in [2.05, 4.69) is 25.7 Å². The first-order chi connectivity index (χ1) is 15.2. The van der Waals surface area contributed by atoms with Gasteiger partial charge in [-0.2, -0.15) is 15.0 Å². The molecule has 0 saturated heterocycles. The van der Waals surface area contributed by atoms with Crippen molar-refractivity contribution < 1.29 is 14.3 Å². The molecule has 10 nitrogen and oxygen atoms in total. The van der Waals surface area contributed by atoms with E-state index in [9.17, 15) is 14.3 Å². The van der Waals surface area contributed by atoms with Crippen LogP contribution in [-0.2, 0) is 0 Å². The molecule has 3 aromatic heterocycles. The molecule has 1 unspecified atom stereocenters. The summed E-state index contributed by atoms with van der Waals surface area (Å²) in [5, 5.41) is 29.4. The van der Waals surface area contributed by atoms with Gasteiger partial charge in [-0.3, -0.25) is 4.79 Å². The van der Waals surface area contributed by atoms with Crippen molar-refractivity contribution in [3.63, 3.8) is 0 Å². The van der Waals surface area contributed by atoms with Gasteiger partial charge in [-0.15, -0.1) is 0 Å². The van der Waals surface area contributed by atoms with Crippen LogP contribution in [0.2, 0.25) is 0 Å². The minimum absolute atomic E-state index is 0.0784. The van der Waals surface area contributed by atoms with Crippen LogP contribution in [0.15, 0.2) is 24.5 Å². The lowest BCUT2D eigenvalue weighted by molar-refractivity contribution is -0.00177. The number of aromatic nitrogens is 4. The number of pyridine rings is 2. The molecule has 0 bridgehead atoms. The predicted molar refractivity (Wildman–Crippen MR) is 118 cm³/mol. The lowest BCUT2D eigenvalue weighted by Gasteiger charge is -2.22. The van der Waals surface area contributed by atoms with Crippen LogP contribution in [0.25, 0.3) is 16.9 Å². The average molecular weight is 440 g/mol. The highest BCUT2D eigenvalue weighted by Gasteiger charge is 2.27. The van der Waals surface area contributed by atoms with Gasteiger partial charge in [-0.05, 0) is 26.3 Å². The number of hydrogen-bond acceptors (Lipinski definition) is 8. The van der Waals surface area contributed by atoms with Crippen molar-refractivity contribution >= 4 is 28.4 Å². The number of nitrogens with one attached hydrogen (secondary N) is 2. The van der Waals surface area contributed by atoms with Crippen molar-refractivity contribution in [1.29, 1.82) is 5.26 Å². The Balaban J connectivity index is 1.95. The van der Waals surface area contributed by atoms with Gasteiger partial charge < -0.3 is 21.5 Å². The highest BCUT2D eigenvalue weighted by Crippen LogP contribution is 2.23. The maximum atomic E-state index is 14.0. The smallest absolute Gasteiger partial charge is 0.255 e. The Morgan fingerprint density at radius 2 is 2.16 bits per heavy atom. The molecular formula is C21H25FN8O2. The summed E-state index contributed by atoms with van der Waals surface area (Å²) in [6, 6.07) is 5.21. The Morgan fingerprint density at radius 3 is 2.81 bits per heavy atom. The van der Waals surface area contributed by atoms with E-state index < -0.39 is 17.7 Å². The topological polar surface area (TPSA) is 155 Å². The van der Waals surface area contributed by atoms with Crippen LogP contribution >= 0.6 is 0 Å². The SMILES string of the molecule is CCCNc1cc(-n2ncc3cc(C#N)c(N)nc32)ncc1C(=O)NCC(F)C(C)(C)O. The second-order valence-corrected chi connectivity index (χ2v) is 7.85. The number of carbonyl (C=O) groups excluding carboxylic acids is 1. The number of amides is 1. The van der Waals surface area contributed by atoms with E-state index in [1.54, 1.807) is 18.3 Å².